The van der Waals surface area contributed by atoms with E-state index in [1.165, 1.54) is 0 Å². The second-order valence-corrected chi connectivity index (χ2v) is 5.28. The number of nitrogens with zero attached hydrogens (tertiary/aromatic N) is 1. The Labute approximate surface area is 123 Å². The van der Waals surface area contributed by atoms with Gasteiger partial charge in [-0.3, -0.25) is 9.89 Å². The first-order valence-corrected chi connectivity index (χ1v) is 6.72. The number of H-pyrrole nitrogens is 1. The van der Waals surface area contributed by atoms with Crippen LogP contribution in [0.5, 0.6) is 0 Å². The maximum Gasteiger partial charge on any atom is 0.255 e. The number of nitrogens with one attached hydrogen (secondary N) is 2. The minimum absolute atomic E-state index is 0.216. The molecule has 0 saturated heterocycles. The fourth-order valence-electron chi connectivity index (χ4n) is 2.02. The molecular weight excluding hydrogens is 320 g/mol. The van der Waals surface area contributed by atoms with Gasteiger partial charge in [-0.05, 0) is 30.3 Å². The summed E-state index contributed by atoms with van der Waals surface area (Å²) in [6.07, 6.45) is 1.68. The Morgan fingerprint density at radius 2 is 2.15 bits per heavy atom. The highest BCUT2D eigenvalue weighted by molar-refractivity contribution is 9.10. The summed E-state index contributed by atoms with van der Waals surface area (Å²) in [5.74, 6) is -0.216. The molecule has 20 heavy (non-hydrogen) atoms. The van der Waals surface area contributed by atoms with Gasteiger partial charge in [0.1, 0.15) is 0 Å². The van der Waals surface area contributed by atoms with Crippen molar-refractivity contribution in [2.45, 2.75) is 0 Å². The van der Waals surface area contributed by atoms with Gasteiger partial charge in [0.05, 0.1) is 17.4 Å². The van der Waals surface area contributed by atoms with E-state index in [0.29, 0.717) is 16.9 Å². The third-order valence-corrected chi connectivity index (χ3v) is 3.37. The fourth-order valence-corrected chi connectivity index (χ4v) is 2.53. The van der Waals surface area contributed by atoms with Crippen LogP contribution in [-0.2, 0) is 0 Å². The molecule has 1 amide bonds. The molecule has 0 fully saturated rings. The number of carbonyl (C=O) groups is 1. The number of halogens is 1. The highest BCUT2D eigenvalue weighted by Crippen LogP contribution is 2.23. The number of fused-ring (bicyclic) bond motifs is 1. The molecule has 5 nitrogen and oxygen atoms in total. The molecule has 0 aliphatic carbocycles. The van der Waals surface area contributed by atoms with Crippen LogP contribution in [0.25, 0.3) is 10.9 Å². The number of carbonyl (C=O) groups excluding carboxylic acids is 1. The number of amides is 1. The number of nitrogens with two attached hydrogens (primary N) is 1. The molecule has 0 unspecified atom stereocenters. The smallest absolute Gasteiger partial charge is 0.255 e. The summed E-state index contributed by atoms with van der Waals surface area (Å²) in [5, 5.41) is 10.6. The van der Waals surface area contributed by atoms with Crippen LogP contribution in [0.4, 0.5) is 11.4 Å². The van der Waals surface area contributed by atoms with Crippen molar-refractivity contribution in [3.63, 3.8) is 0 Å². The number of hydrogen-bond acceptors (Lipinski definition) is 3. The number of nitrogen functional groups attached to an aromatic ring is 1. The average Bonchev–Trinajstić information content (AvgIpc) is 2.87. The largest absolute Gasteiger partial charge is 0.399 e. The lowest BCUT2D eigenvalue weighted by atomic mass is 10.1. The van der Waals surface area contributed by atoms with Crippen molar-refractivity contribution in [2.75, 3.05) is 11.1 Å². The molecule has 0 spiro atoms. The summed E-state index contributed by atoms with van der Waals surface area (Å²) < 4.78 is 0.768. The van der Waals surface area contributed by atoms with E-state index in [1.54, 1.807) is 24.4 Å². The molecule has 0 atom stereocenters. The van der Waals surface area contributed by atoms with Crippen LogP contribution in [0, 0.1) is 0 Å². The second-order valence-electron chi connectivity index (χ2n) is 4.36. The van der Waals surface area contributed by atoms with E-state index in [4.69, 9.17) is 5.73 Å². The van der Waals surface area contributed by atoms with Crippen LogP contribution < -0.4 is 11.1 Å². The standard InChI is InChI=1S/C14H11BrN4O/c15-9-4-8(5-10(16)6-9)14(20)18-12-2-1-3-13-11(12)7-17-19-13/h1-7H,16H2,(H,17,19)(H,18,20). The van der Waals surface area contributed by atoms with Gasteiger partial charge >= 0.3 is 0 Å². The summed E-state index contributed by atoms with van der Waals surface area (Å²) in [4.78, 5) is 12.3. The SMILES string of the molecule is Nc1cc(Br)cc(C(=O)Nc2cccc3[nH]ncc23)c1. The molecule has 6 heteroatoms. The topological polar surface area (TPSA) is 83.8 Å². The van der Waals surface area contributed by atoms with E-state index in [9.17, 15) is 4.79 Å². The first-order chi connectivity index (χ1) is 9.63. The van der Waals surface area contributed by atoms with Crippen LogP contribution in [0.2, 0.25) is 0 Å². The Kier molecular flexibility index (Phi) is 3.15. The molecule has 4 N–H and O–H groups in total. The van der Waals surface area contributed by atoms with Gasteiger partial charge in [-0.2, -0.15) is 5.10 Å². The summed E-state index contributed by atoms with van der Waals surface area (Å²) in [6.45, 7) is 0. The Morgan fingerprint density at radius 1 is 1.30 bits per heavy atom. The third kappa shape index (κ3) is 2.37. The minimum atomic E-state index is -0.216. The summed E-state index contributed by atoms with van der Waals surface area (Å²) in [6, 6.07) is 10.7. The van der Waals surface area contributed by atoms with E-state index >= 15 is 0 Å². The van der Waals surface area contributed by atoms with Gasteiger partial charge in [0.2, 0.25) is 0 Å². The van der Waals surface area contributed by atoms with Crippen molar-refractivity contribution in [1.29, 1.82) is 0 Å². The summed E-state index contributed by atoms with van der Waals surface area (Å²) in [7, 11) is 0. The van der Waals surface area contributed by atoms with Gasteiger partial charge in [-0.15, -0.1) is 0 Å². The Hall–Kier alpha value is -2.34. The lowest BCUT2D eigenvalue weighted by Gasteiger charge is -2.07. The van der Waals surface area contributed by atoms with E-state index in [2.05, 4.69) is 31.4 Å². The number of benzene rings is 2. The summed E-state index contributed by atoms with van der Waals surface area (Å²) in [5.41, 5.74) is 8.35. The lowest BCUT2D eigenvalue weighted by Crippen LogP contribution is -2.12. The predicted octanol–water partition coefficient (Wildman–Crippen LogP) is 3.16. The van der Waals surface area contributed by atoms with Crippen LogP contribution in [0.15, 0.2) is 47.1 Å². The number of hydrogen-bond donors (Lipinski definition) is 3. The van der Waals surface area contributed by atoms with Gasteiger partial charge in [-0.1, -0.05) is 22.0 Å². The number of anilines is 2. The molecule has 1 aromatic heterocycles. The molecule has 3 rings (SSSR count). The first kappa shape index (κ1) is 12.7. The molecule has 1 heterocycles. The minimum Gasteiger partial charge on any atom is -0.399 e. The molecule has 0 bridgehead atoms. The maximum atomic E-state index is 12.3. The van der Waals surface area contributed by atoms with Gasteiger partial charge < -0.3 is 11.1 Å². The normalized spacial score (nSPS) is 10.7. The molecule has 0 saturated carbocycles. The third-order valence-electron chi connectivity index (χ3n) is 2.92. The maximum absolute atomic E-state index is 12.3. The van der Waals surface area contributed by atoms with Crippen LogP contribution in [0.3, 0.4) is 0 Å². The van der Waals surface area contributed by atoms with Gasteiger partial charge in [0.15, 0.2) is 0 Å². The molecule has 100 valence electrons. The van der Waals surface area contributed by atoms with E-state index in [-0.39, 0.29) is 5.91 Å². The number of aromatic nitrogens is 2. The van der Waals surface area contributed by atoms with E-state index < -0.39 is 0 Å². The van der Waals surface area contributed by atoms with Gasteiger partial charge in [0.25, 0.3) is 5.91 Å². The Bertz CT molecular complexity index is 776. The zero-order valence-corrected chi connectivity index (χ0v) is 11.9. The van der Waals surface area contributed by atoms with Crippen molar-refractivity contribution in [1.82, 2.24) is 10.2 Å². The molecule has 0 aliphatic heterocycles. The van der Waals surface area contributed by atoms with Crippen LogP contribution in [-0.4, -0.2) is 16.1 Å². The van der Waals surface area contributed by atoms with Crippen LogP contribution in [0.1, 0.15) is 10.4 Å². The quantitative estimate of drug-likeness (QED) is 0.631. The first-order valence-electron chi connectivity index (χ1n) is 5.93. The highest BCUT2D eigenvalue weighted by Gasteiger charge is 2.10. The predicted molar refractivity (Wildman–Crippen MR) is 82.6 cm³/mol. The Balaban J connectivity index is 1.94. The van der Waals surface area contributed by atoms with Crippen molar-refractivity contribution in [2.24, 2.45) is 0 Å². The van der Waals surface area contributed by atoms with Crippen molar-refractivity contribution < 1.29 is 4.79 Å². The van der Waals surface area contributed by atoms with Crippen molar-refractivity contribution in [3.05, 3.63) is 52.6 Å². The van der Waals surface area contributed by atoms with E-state index in [0.717, 1.165) is 15.4 Å². The van der Waals surface area contributed by atoms with Crippen molar-refractivity contribution >= 4 is 44.1 Å². The van der Waals surface area contributed by atoms with Gasteiger partial charge in [-0.25, -0.2) is 0 Å². The van der Waals surface area contributed by atoms with Crippen molar-refractivity contribution in [3.8, 4) is 0 Å². The van der Waals surface area contributed by atoms with Crippen LogP contribution >= 0.6 is 15.9 Å². The second kappa shape index (κ2) is 4.97. The zero-order valence-electron chi connectivity index (χ0n) is 10.4. The Morgan fingerprint density at radius 3 is 2.95 bits per heavy atom. The average molecular weight is 331 g/mol. The summed E-state index contributed by atoms with van der Waals surface area (Å²) >= 11 is 3.33. The molecule has 3 aromatic rings. The van der Waals surface area contributed by atoms with E-state index in [1.807, 2.05) is 18.2 Å². The van der Waals surface area contributed by atoms with Gasteiger partial charge in [0, 0.05) is 21.1 Å². The monoisotopic (exact) mass is 330 g/mol. The zero-order chi connectivity index (χ0) is 14.1. The molecule has 0 radical (unpaired) electrons. The molecule has 2 aromatic carbocycles. The number of rotatable bonds is 2. The molecular formula is C14H11BrN4O. The lowest BCUT2D eigenvalue weighted by molar-refractivity contribution is 0.102. The fraction of sp³-hybridized carbons (Fsp3) is 0. The number of aromatic amines is 1. The highest BCUT2D eigenvalue weighted by atomic mass is 79.9. The molecule has 0 aliphatic rings.